The van der Waals surface area contributed by atoms with E-state index in [-0.39, 0.29) is 5.92 Å². The number of sulfonamides is 1. The SMILES string of the molecule is COCCn1c(C[C@@H]2CCN(S(=O)(=O)c3ccc4c(c3)CCC4)C2)nc2cccnc21. The summed E-state index contributed by atoms with van der Waals surface area (Å²) in [6.45, 7) is 2.35. The molecule has 2 aromatic heterocycles. The summed E-state index contributed by atoms with van der Waals surface area (Å²) in [4.78, 5) is 9.72. The van der Waals surface area contributed by atoms with Gasteiger partial charge in [-0.1, -0.05) is 6.07 Å². The van der Waals surface area contributed by atoms with Gasteiger partial charge in [0.15, 0.2) is 5.65 Å². The molecule has 31 heavy (non-hydrogen) atoms. The maximum atomic E-state index is 13.3. The van der Waals surface area contributed by atoms with Crippen LogP contribution in [-0.2, 0) is 40.6 Å². The van der Waals surface area contributed by atoms with Gasteiger partial charge in [0.2, 0.25) is 10.0 Å². The van der Waals surface area contributed by atoms with Gasteiger partial charge in [-0.05, 0) is 67.0 Å². The van der Waals surface area contributed by atoms with E-state index in [4.69, 9.17) is 9.72 Å². The molecule has 0 saturated carbocycles. The van der Waals surface area contributed by atoms with E-state index in [1.807, 2.05) is 24.3 Å². The van der Waals surface area contributed by atoms with E-state index in [1.165, 1.54) is 11.1 Å². The van der Waals surface area contributed by atoms with Crippen molar-refractivity contribution in [1.29, 1.82) is 0 Å². The summed E-state index contributed by atoms with van der Waals surface area (Å²) >= 11 is 0. The Bertz CT molecular complexity index is 1200. The first kappa shape index (κ1) is 20.6. The molecular formula is C23H28N4O3S. The van der Waals surface area contributed by atoms with Gasteiger partial charge in [0, 0.05) is 39.4 Å². The topological polar surface area (TPSA) is 77.3 Å². The number of ether oxygens (including phenoxy) is 1. The zero-order valence-electron chi connectivity index (χ0n) is 17.8. The summed E-state index contributed by atoms with van der Waals surface area (Å²) in [6.07, 6.45) is 6.50. The number of benzene rings is 1. The number of hydrogen-bond donors (Lipinski definition) is 0. The van der Waals surface area contributed by atoms with Crippen molar-refractivity contribution in [3.05, 3.63) is 53.5 Å². The maximum absolute atomic E-state index is 13.3. The Kier molecular flexibility index (Phi) is 5.54. The zero-order valence-corrected chi connectivity index (χ0v) is 18.6. The quantitative estimate of drug-likeness (QED) is 0.565. The van der Waals surface area contributed by atoms with Gasteiger partial charge in [0.05, 0.1) is 11.5 Å². The number of pyridine rings is 1. The highest BCUT2D eigenvalue weighted by molar-refractivity contribution is 7.89. The van der Waals surface area contributed by atoms with Crippen LogP contribution in [0.1, 0.15) is 29.8 Å². The third-order valence-electron chi connectivity index (χ3n) is 6.53. The predicted octanol–water partition coefficient (Wildman–Crippen LogP) is 2.82. The molecular weight excluding hydrogens is 412 g/mol. The standard InChI is InChI=1S/C23H28N4O3S/c1-30-13-12-27-22(25-21-6-3-10-24-23(21)27)14-17-9-11-26(16-17)31(28,29)20-8-7-18-4-2-5-19(18)15-20/h3,6-8,10,15,17H,2,4-5,9,11-14,16H2,1H3/t17-/m0/s1. The molecule has 7 nitrogen and oxygen atoms in total. The van der Waals surface area contributed by atoms with Gasteiger partial charge in [-0.15, -0.1) is 0 Å². The second kappa shape index (κ2) is 8.33. The monoisotopic (exact) mass is 440 g/mol. The molecule has 3 heterocycles. The Balaban J connectivity index is 1.34. The zero-order chi connectivity index (χ0) is 21.4. The van der Waals surface area contributed by atoms with Crippen LogP contribution in [0.25, 0.3) is 11.2 Å². The molecule has 0 spiro atoms. The fourth-order valence-electron chi connectivity index (χ4n) is 4.88. The first-order valence-electron chi connectivity index (χ1n) is 11.0. The summed E-state index contributed by atoms with van der Waals surface area (Å²) < 4.78 is 35.5. The number of aromatic nitrogens is 3. The summed E-state index contributed by atoms with van der Waals surface area (Å²) in [5.41, 5.74) is 4.21. The van der Waals surface area contributed by atoms with E-state index in [0.717, 1.165) is 49.1 Å². The highest BCUT2D eigenvalue weighted by atomic mass is 32.2. The Morgan fingerprint density at radius 3 is 2.94 bits per heavy atom. The molecule has 5 rings (SSSR count). The molecule has 164 valence electrons. The Hall–Kier alpha value is -2.29. The van der Waals surface area contributed by atoms with Gasteiger partial charge < -0.3 is 9.30 Å². The molecule has 1 aliphatic heterocycles. The van der Waals surface area contributed by atoms with Gasteiger partial charge in [0.1, 0.15) is 11.3 Å². The van der Waals surface area contributed by atoms with Crippen molar-refractivity contribution in [2.75, 3.05) is 26.8 Å². The van der Waals surface area contributed by atoms with Gasteiger partial charge in [0.25, 0.3) is 0 Å². The highest BCUT2D eigenvalue weighted by Crippen LogP contribution is 2.30. The van der Waals surface area contributed by atoms with E-state index in [2.05, 4.69) is 9.55 Å². The fourth-order valence-corrected chi connectivity index (χ4v) is 6.46. The molecule has 1 aromatic carbocycles. The summed E-state index contributed by atoms with van der Waals surface area (Å²) in [7, 11) is -1.78. The lowest BCUT2D eigenvalue weighted by molar-refractivity contribution is 0.187. The van der Waals surface area contributed by atoms with Gasteiger partial charge in [-0.3, -0.25) is 0 Å². The largest absolute Gasteiger partial charge is 0.383 e. The van der Waals surface area contributed by atoms with Crippen molar-refractivity contribution in [2.24, 2.45) is 5.92 Å². The van der Waals surface area contributed by atoms with Gasteiger partial charge >= 0.3 is 0 Å². The lowest BCUT2D eigenvalue weighted by Gasteiger charge is -2.17. The van der Waals surface area contributed by atoms with Crippen LogP contribution in [0, 0.1) is 5.92 Å². The van der Waals surface area contributed by atoms with Crippen LogP contribution >= 0.6 is 0 Å². The van der Waals surface area contributed by atoms with Crippen molar-refractivity contribution in [2.45, 2.75) is 43.5 Å². The van der Waals surface area contributed by atoms with Crippen molar-refractivity contribution in [1.82, 2.24) is 18.8 Å². The average Bonchev–Trinajstić information content (AvgIpc) is 3.50. The minimum absolute atomic E-state index is 0.238. The second-order valence-electron chi connectivity index (χ2n) is 8.52. The van der Waals surface area contributed by atoms with Crippen molar-refractivity contribution >= 4 is 21.2 Å². The fraction of sp³-hybridized carbons (Fsp3) is 0.478. The number of fused-ring (bicyclic) bond motifs is 2. The molecule has 1 fully saturated rings. The van der Waals surface area contributed by atoms with E-state index < -0.39 is 10.0 Å². The number of methoxy groups -OCH3 is 1. The van der Waals surface area contributed by atoms with Crippen molar-refractivity contribution in [3.63, 3.8) is 0 Å². The van der Waals surface area contributed by atoms with Crippen LogP contribution in [0.4, 0.5) is 0 Å². The van der Waals surface area contributed by atoms with Crippen LogP contribution in [0.2, 0.25) is 0 Å². The molecule has 1 saturated heterocycles. The van der Waals surface area contributed by atoms with Crippen LogP contribution < -0.4 is 0 Å². The number of nitrogens with zero attached hydrogens (tertiary/aromatic N) is 4. The van der Waals surface area contributed by atoms with Crippen LogP contribution in [0.5, 0.6) is 0 Å². The second-order valence-corrected chi connectivity index (χ2v) is 10.5. The molecule has 0 radical (unpaired) electrons. The van der Waals surface area contributed by atoms with Gasteiger partial charge in [-0.25, -0.2) is 18.4 Å². The maximum Gasteiger partial charge on any atom is 0.243 e. The normalized spacial score (nSPS) is 19.3. The molecule has 0 amide bonds. The number of aryl methyl sites for hydroxylation is 2. The first-order valence-corrected chi connectivity index (χ1v) is 12.4. The molecule has 8 heteroatoms. The van der Waals surface area contributed by atoms with Crippen molar-refractivity contribution in [3.8, 4) is 0 Å². The van der Waals surface area contributed by atoms with Crippen molar-refractivity contribution < 1.29 is 13.2 Å². The summed E-state index contributed by atoms with van der Waals surface area (Å²) in [5, 5.41) is 0. The highest BCUT2D eigenvalue weighted by Gasteiger charge is 2.34. The van der Waals surface area contributed by atoms with Crippen LogP contribution in [0.3, 0.4) is 0 Å². The molecule has 2 aliphatic rings. The smallest absolute Gasteiger partial charge is 0.243 e. The van der Waals surface area contributed by atoms with E-state index >= 15 is 0 Å². The summed E-state index contributed by atoms with van der Waals surface area (Å²) in [5.74, 6) is 1.19. The predicted molar refractivity (Wildman–Crippen MR) is 118 cm³/mol. The molecule has 3 aromatic rings. The van der Waals surface area contributed by atoms with Gasteiger partial charge in [-0.2, -0.15) is 4.31 Å². The Labute approximate surface area is 183 Å². The average molecular weight is 441 g/mol. The number of imidazole rings is 1. The molecule has 0 unspecified atom stereocenters. The first-order chi connectivity index (χ1) is 15.1. The minimum atomic E-state index is -3.46. The van der Waals surface area contributed by atoms with Crippen LogP contribution in [0.15, 0.2) is 41.4 Å². The van der Waals surface area contributed by atoms with E-state index in [0.29, 0.717) is 31.1 Å². The van der Waals surface area contributed by atoms with E-state index in [9.17, 15) is 8.42 Å². The van der Waals surface area contributed by atoms with E-state index in [1.54, 1.807) is 23.7 Å². The minimum Gasteiger partial charge on any atom is -0.383 e. The summed E-state index contributed by atoms with van der Waals surface area (Å²) in [6, 6.07) is 9.52. The Morgan fingerprint density at radius 1 is 1.19 bits per heavy atom. The Morgan fingerprint density at radius 2 is 2.06 bits per heavy atom. The lowest BCUT2D eigenvalue weighted by Crippen LogP contribution is -2.29. The number of rotatable bonds is 7. The third-order valence-corrected chi connectivity index (χ3v) is 8.39. The molecule has 0 N–H and O–H groups in total. The molecule has 0 bridgehead atoms. The lowest BCUT2D eigenvalue weighted by atomic mass is 10.0. The molecule has 1 atom stereocenters. The third kappa shape index (κ3) is 3.88. The molecule has 1 aliphatic carbocycles. The van der Waals surface area contributed by atoms with Crippen LogP contribution in [-0.4, -0.2) is 54.1 Å². The number of hydrogen-bond acceptors (Lipinski definition) is 5.